The van der Waals surface area contributed by atoms with E-state index in [1.165, 1.54) is 42.6 Å². The van der Waals surface area contributed by atoms with Gasteiger partial charge in [0.1, 0.15) is 43.9 Å². The van der Waals surface area contributed by atoms with Gasteiger partial charge in [-0.25, -0.2) is 10.2 Å². The molecule has 0 saturated heterocycles. The van der Waals surface area contributed by atoms with Crippen molar-refractivity contribution in [3.05, 3.63) is 175 Å². The second-order valence-corrected chi connectivity index (χ2v) is 13.9. The highest BCUT2D eigenvalue weighted by Crippen LogP contribution is 2.41. The van der Waals surface area contributed by atoms with Crippen molar-refractivity contribution in [2.75, 3.05) is 0 Å². The van der Waals surface area contributed by atoms with Gasteiger partial charge in [-0.15, -0.1) is 5.10 Å². The molecular weight excluding hydrogens is 798 g/mol. The number of carbonyl (C=O) groups is 2. The molecule has 3 aromatic heterocycles. The van der Waals surface area contributed by atoms with Crippen LogP contribution >= 0.6 is 46.4 Å². The zero-order chi connectivity index (χ0) is 39.5. The molecule has 0 spiro atoms. The number of aromatic nitrogens is 5. The first-order valence-corrected chi connectivity index (χ1v) is 18.2. The molecule has 4 aromatic carbocycles. The number of carbonyl (C=O) groups excluding carboxylic acids is 2. The van der Waals surface area contributed by atoms with Crippen LogP contribution in [0, 0.1) is 5.53 Å². The Hall–Kier alpha value is -6.18. The number of hydrogen-bond acceptors (Lipinski definition) is 9. The lowest BCUT2D eigenvalue weighted by Gasteiger charge is -2.13. The van der Waals surface area contributed by atoms with E-state index >= 15 is 0 Å². The van der Waals surface area contributed by atoms with Crippen molar-refractivity contribution in [1.29, 1.82) is 5.53 Å². The molecule has 0 amide bonds. The summed E-state index contributed by atoms with van der Waals surface area (Å²) in [5, 5.41) is 36.7. The van der Waals surface area contributed by atoms with Crippen LogP contribution in [0.4, 0.5) is 0 Å². The molecule has 280 valence electrons. The van der Waals surface area contributed by atoms with Gasteiger partial charge in [0.05, 0.1) is 40.3 Å². The standard InChI is InChI=1S/C40H28Cl4N8O4/c41-28-17-31(37(55)26-13-11-24(15-32(26)53)29(48-45)19-46-18-22-7-3-1-4-8-22)52(40(28)44)36-34(42)39(43)47-35(36)38(56)27-14-12-25(16-33(27)54)30-21-51(50-49-30)20-23-9-5-2-6-10-23/h1-17,19,21,45-47,53-54H,18,20H2/b29-19-,48-45?. The van der Waals surface area contributed by atoms with Gasteiger partial charge >= 0.3 is 0 Å². The van der Waals surface area contributed by atoms with Gasteiger partial charge in [-0.05, 0) is 41.5 Å². The lowest BCUT2D eigenvalue weighted by molar-refractivity contribution is 0.101. The Morgan fingerprint density at radius 2 is 1.50 bits per heavy atom. The van der Waals surface area contributed by atoms with Gasteiger partial charge < -0.3 is 20.5 Å². The summed E-state index contributed by atoms with van der Waals surface area (Å²) < 4.78 is 2.80. The van der Waals surface area contributed by atoms with Gasteiger partial charge in [-0.3, -0.25) is 14.2 Å². The normalized spacial score (nSPS) is 11.5. The number of ketones is 2. The second-order valence-electron chi connectivity index (χ2n) is 12.4. The SMILES string of the molecule is N=N/C(=C\NCc1ccccc1)c1ccc(C(=O)c2cc(Cl)c(Cl)n2-c2c(C(=O)c3ccc(-c4cn(Cc5ccccc5)nn4)cc3O)[nH]c(Cl)c2Cl)c(O)c1. The van der Waals surface area contributed by atoms with Gasteiger partial charge in [-0.2, -0.15) is 5.11 Å². The average Bonchev–Trinajstić information content (AvgIpc) is 3.88. The molecule has 56 heavy (non-hydrogen) atoms. The molecular formula is C40H28Cl4N8O4. The third kappa shape index (κ3) is 7.68. The molecule has 5 N–H and O–H groups in total. The molecule has 16 heteroatoms. The lowest BCUT2D eigenvalue weighted by atomic mass is 10.0. The Morgan fingerprint density at radius 3 is 2.18 bits per heavy atom. The zero-order valence-corrected chi connectivity index (χ0v) is 31.9. The van der Waals surface area contributed by atoms with Crippen LogP contribution in [0.3, 0.4) is 0 Å². The van der Waals surface area contributed by atoms with Crippen molar-refractivity contribution in [2.45, 2.75) is 13.1 Å². The van der Waals surface area contributed by atoms with E-state index in [9.17, 15) is 19.8 Å². The number of benzene rings is 4. The van der Waals surface area contributed by atoms with Gasteiger partial charge in [0.25, 0.3) is 0 Å². The van der Waals surface area contributed by atoms with Crippen molar-refractivity contribution in [2.24, 2.45) is 5.11 Å². The van der Waals surface area contributed by atoms with Crippen molar-refractivity contribution in [3.8, 4) is 28.4 Å². The van der Waals surface area contributed by atoms with Crippen LogP contribution in [0.1, 0.15) is 48.8 Å². The van der Waals surface area contributed by atoms with Crippen LogP contribution in [-0.2, 0) is 13.1 Å². The maximum Gasteiger partial charge on any atom is 0.215 e. The Kier molecular flexibility index (Phi) is 11.1. The van der Waals surface area contributed by atoms with E-state index < -0.39 is 17.3 Å². The quantitative estimate of drug-likeness (QED) is 0.0568. The smallest absolute Gasteiger partial charge is 0.215 e. The molecule has 0 aliphatic carbocycles. The fourth-order valence-electron chi connectivity index (χ4n) is 6.01. The van der Waals surface area contributed by atoms with E-state index in [0.29, 0.717) is 29.9 Å². The summed E-state index contributed by atoms with van der Waals surface area (Å²) in [6.07, 6.45) is 3.25. The van der Waals surface area contributed by atoms with Gasteiger partial charge in [0, 0.05) is 23.9 Å². The van der Waals surface area contributed by atoms with Gasteiger partial charge in [0.15, 0.2) is 0 Å². The topological polar surface area (TPSA) is 174 Å². The molecule has 0 bridgehead atoms. The van der Waals surface area contributed by atoms with Crippen molar-refractivity contribution in [3.63, 3.8) is 0 Å². The molecule has 3 heterocycles. The maximum absolute atomic E-state index is 14.1. The minimum atomic E-state index is -0.739. The molecule has 0 fully saturated rings. The third-order valence-electron chi connectivity index (χ3n) is 8.76. The summed E-state index contributed by atoms with van der Waals surface area (Å²) >= 11 is 26.2. The molecule has 0 aliphatic heterocycles. The van der Waals surface area contributed by atoms with Gasteiger partial charge in [0.2, 0.25) is 11.6 Å². The third-order valence-corrected chi connectivity index (χ3v) is 10.3. The summed E-state index contributed by atoms with van der Waals surface area (Å²) in [6.45, 7) is 0.963. The summed E-state index contributed by atoms with van der Waals surface area (Å²) in [5.41, 5.74) is 10.5. The first-order chi connectivity index (χ1) is 27.0. The molecule has 0 aliphatic rings. The largest absolute Gasteiger partial charge is 0.507 e. The summed E-state index contributed by atoms with van der Waals surface area (Å²) in [4.78, 5) is 30.9. The summed E-state index contributed by atoms with van der Waals surface area (Å²) in [7, 11) is 0. The highest BCUT2D eigenvalue weighted by Gasteiger charge is 2.31. The van der Waals surface area contributed by atoms with Crippen molar-refractivity contribution < 1.29 is 19.8 Å². The predicted octanol–water partition coefficient (Wildman–Crippen LogP) is 9.72. The van der Waals surface area contributed by atoms with E-state index in [4.69, 9.17) is 51.9 Å². The number of hydrogen-bond donors (Lipinski definition) is 5. The minimum absolute atomic E-state index is 0.0619. The summed E-state index contributed by atoms with van der Waals surface area (Å²) in [6, 6.07) is 29.1. The average molecular weight is 827 g/mol. The van der Waals surface area contributed by atoms with Crippen LogP contribution < -0.4 is 5.32 Å². The lowest BCUT2D eigenvalue weighted by Crippen LogP contribution is -2.13. The Balaban J connectivity index is 1.18. The number of phenols is 2. The molecule has 0 saturated carbocycles. The number of nitrogens with one attached hydrogen (secondary N) is 3. The van der Waals surface area contributed by atoms with E-state index in [1.54, 1.807) is 16.9 Å². The first-order valence-electron chi connectivity index (χ1n) is 16.7. The number of halogens is 4. The van der Waals surface area contributed by atoms with E-state index in [0.717, 1.165) is 15.7 Å². The number of aromatic hydroxyl groups is 2. The fraction of sp³-hybridized carbons (Fsp3) is 0.0500. The molecule has 7 rings (SSSR count). The second kappa shape index (κ2) is 16.3. The van der Waals surface area contributed by atoms with Crippen LogP contribution in [0.5, 0.6) is 11.5 Å². The van der Waals surface area contributed by atoms with E-state index in [1.807, 2.05) is 60.7 Å². The molecule has 0 unspecified atom stereocenters. The maximum atomic E-state index is 14.1. The number of H-pyrrole nitrogens is 1. The molecule has 12 nitrogen and oxygen atoms in total. The molecule has 7 aromatic rings. The minimum Gasteiger partial charge on any atom is -0.507 e. The fourth-order valence-corrected chi connectivity index (χ4v) is 6.84. The van der Waals surface area contributed by atoms with E-state index in [2.05, 4.69) is 25.7 Å². The van der Waals surface area contributed by atoms with Gasteiger partial charge in [-0.1, -0.05) is 124 Å². The Morgan fingerprint density at radius 1 is 0.839 bits per heavy atom. The molecule has 0 radical (unpaired) electrons. The van der Waals surface area contributed by atoms with Crippen molar-refractivity contribution >= 4 is 63.7 Å². The number of nitrogens with zero attached hydrogens (tertiary/aromatic N) is 5. The Labute approximate surface area is 339 Å². The van der Waals surface area contributed by atoms with Crippen molar-refractivity contribution in [1.82, 2.24) is 29.9 Å². The van der Waals surface area contributed by atoms with E-state index in [-0.39, 0.29) is 60.0 Å². The molecule has 0 atom stereocenters. The zero-order valence-electron chi connectivity index (χ0n) is 28.8. The number of rotatable bonds is 13. The van der Waals surface area contributed by atoms with Crippen LogP contribution in [0.25, 0.3) is 22.6 Å². The highest BCUT2D eigenvalue weighted by molar-refractivity contribution is 6.45. The number of aromatic amines is 1. The first kappa shape index (κ1) is 38.1. The number of phenolic OH excluding ortho intramolecular Hbond substituents is 2. The van der Waals surface area contributed by atoms with Crippen LogP contribution in [-0.4, -0.2) is 46.3 Å². The van der Waals surface area contributed by atoms with Crippen LogP contribution in [0.15, 0.2) is 121 Å². The summed E-state index contributed by atoms with van der Waals surface area (Å²) in [5.74, 6) is -2.28. The Bertz CT molecular complexity index is 2650. The van der Waals surface area contributed by atoms with Crippen LogP contribution in [0.2, 0.25) is 20.4 Å². The predicted molar refractivity (Wildman–Crippen MR) is 214 cm³/mol. The highest BCUT2D eigenvalue weighted by atomic mass is 35.5. The monoisotopic (exact) mass is 824 g/mol.